The monoisotopic (exact) mass is 198 g/mol. The van der Waals surface area contributed by atoms with E-state index in [9.17, 15) is 4.79 Å². The Morgan fingerprint density at radius 2 is 1.82 bits per heavy atom. The van der Waals surface area contributed by atoms with Crippen molar-refractivity contribution < 1.29 is 20.4 Å². The molecule has 0 aromatic carbocycles. The van der Waals surface area contributed by atoms with Gasteiger partial charge in [0, 0.05) is 0 Å². The third-order valence-electron chi connectivity index (χ3n) is 1.34. The second kappa shape index (κ2) is 4.78. The molecule has 0 aromatic rings. The minimum atomic E-state index is -0.204. The van der Waals surface area contributed by atoms with E-state index in [4.69, 9.17) is 0 Å². The summed E-state index contributed by atoms with van der Waals surface area (Å²) in [5.74, 6) is 0. The molecule has 0 heterocycles. The summed E-state index contributed by atoms with van der Waals surface area (Å²) < 4.78 is 0.810. The van der Waals surface area contributed by atoms with Crippen LogP contribution in [0.4, 0.5) is 0 Å². The van der Waals surface area contributed by atoms with E-state index >= 15 is 0 Å². The van der Waals surface area contributed by atoms with Gasteiger partial charge in [-0.25, -0.2) is 0 Å². The van der Waals surface area contributed by atoms with Crippen LogP contribution in [-0.4, -0.2) is 54.9 Å². The number of hydrogen-bond donors (Lipinski definition) is 0. The Kier molecular flexibility index (Phi) is 4.77. The molecule has 0 aliphatic heterocycles. The first-order chi connectivity index (χ1) is 5.00. The first-order valence-corrected chi connectivity index (χ1v) is 3.86. The van der Waals surface area contributed by atoms with Crippen molar-refractivity contribution >= 4 is 10.8 Å². The number of carbonyl (C=O) groups is 1. The van der Waals surface area contributed by atoms with Crippen LogP contribution in [0.25, 0.3) is 0 Å². The van der Waals surface area contributed by atoms with Gasteiger partial charge in [-0.2, -0.15) is 0 Å². The van der Waals surface area contributed by atoms with E-state index in [2.05, 4.69) is 15.6 Å². The minimum absolute atomic E-state index is 0.204. The van der Waals surface area contributed by atoms with Gasteiger partial charge in [0.1, 0.15) is 0 Å². The molecule has 0 aromatic heterocycles. The quantitative estimate of drug-likeness (QED) is 0.443. The molecule has 1 atom stereocenters. The molecule has 0 aliphatic rings. The van der Waals surface area contributed by atoms with Crippen LogP contribution in [-0.2, 0) is 20.4 Å². The Labute approximate surface area is 75.7 Å². The maximum absolute atomic E-state index is 10.6. The Morgan fingerprint density at radius 3 is 1.91 bits per heavy atom. The zero-order chi connectivity index (χ0) is 9.02. The predicted octanol–water partition coefficient (Wildman–Crippen LogP) is -0.646. The van der Waals surface area contributed by atoms with Crippen molar-refractivity contribution in [3.63, 3.8) is 0 Å². The van der Waals surface area contributed by atoms with Crippen LogP contribution in [0, 0.1) is 0 Å². The van der Waals surface area contributed by atoms with Crippen LogP contribution in [0.2, 0.25) is 0 Å². The normalized spacial score (nSPS) is 13.6. The zero-order valence-corrected chi connectivity index (χ0v) is 8.42. The third kappa shape index (κ3) is 3.25. The van der Waals surface area contributed by atoms with E-state index in [1.54, 1.807) is 0 Å². The summed E-state index contributed by atoms with van der Waals surface area (Å²) in [6.45, 7) is 0. The van der Waals surface area contributed by atoms with E-state index in [-0.39, 0.29) is 6.04 Å². The molecular weight excluding hydrogens is 184 g/mol. The van der Waals surface area contributed by atoms with Gasteiger partial charge in [0.25, 0.3) is 0 Å². The molecule has 1 unspecified atom stereocenters. The molecule has 65 valence electrons. The summed E-state index contributed by atoms with van der Waals surface area (Å²) in [6, 6.07) is -0.204. The van der Waals surface area contributed by atoms with Crippen molar-refractivity contribution in [3.8, 4) is 0 Å². The molecule has 0 saturated carbocycles. The Balaban J connectivity index is 4.26. The Hall–Kier alpha value is -0.0205. The van der Waals surface area contributed by atoms with E-state index in [0.717, 1.165) is 10.8 Å². The number of aldehydes is 1. The molecule has 0 spiro atoms. The number of nitrogens with zero attached hydrogens (tertiary/aromatic N) is 2. The molecule has 0 bridgehead atoms. The van der Waals surface area contributed by atoms with Crippen LogP contribution in [0.5, 0.6) is 0 Å². The first kappa shape index (κ1) is 11.0. The second-order valence-electron chi connectivity index (χ2n) is 2.75. The fraction of sp³-hybridized carbons (Fsp3) is 0.714. The maximum atomic E-state index is 10.6. The van der Waals surface area contributed by atoms with Crippen LogP contribution >= 0.6 is 0 Å². The standard InChI is InChI=1S/C7H14N2O.Fe/c1-8(2)5-7(6-10)9(3)4;/h6-7H,1-4H3;/q;+1. The number of carbonyl (C=O) groups excluding carboxylic acids is 1. The van der Waals surface area contributed by atoms with Gasteiger partial charge in [-0.05, 0) is 0 Å². The van der Waals surface area contributed by atoms with Crippen molar-refractivity contribution in [2.24, 2.45) is 0 Å². The van der Waals surface area contributed by atoms with Crippen LogP contribution in [0.15, 0.2) is 0 Å². The molecule has 4 heteroatoms. The molecule has 0 radical (unpaired) electrons. The van der Waals surface area contributed by atoms with Gasteiger partial charge in [-0.15, -0.1) is 0 Å². The van der Waals surface area contributed by atoms with E-state index in [1.165, 1.54) is 0 Å². The Bertz CT molecular complexity index is 157. The van der Waals surface area contributed by atoms with Gasteiger partial charge in [-0.3, -0.25) is 0 Å². The Morgan fingerprint density at radius 1 is 1.36 bits per heavy atom. The third-order valence-corrected chi connectivity index (χ3v) is 2.16. The van der Waals surface area contributed by atoms with Gasteiger partial charge in [-0.1, -0.05) is 0 Å². The fourth-order valence-electron chi connectivity index (χ4n) is 0.647. The van der Waals surface area contributed by atoms with Crippen LogP contribution in [0.1, 0.15) is 0 Å². The number of likely N-dealkylation sites (N-methyl/N-ethyl adjacent to an activating group) is 2. The first-order valence-electron chi connectivity index (χ1n) is 3.31. The second-order valence-corrected chi connectivity index (χ2v) is 3.31. The number of hydrogen-bond acceptors (Lipinski definition) is 3. The van der Waals surface area contributed by atoms with E-state index < -0.39 is 0 Å². The summed E-state index contributed by atoms with van der Waals surface area (Å²) in [6.07, 6.45) is 0.891. The molecule has 0 N–H and O–H groups in total. The van der Waals surface area contributed by atoms with Gasteiger partial charge in [0.15, 0.2) is 0 Å². The molecule has 0 saturated heterocycles. The number of rotatable bonds is 4. The van der Waals surface area contributed by atoms with Crippen molar-refractivity contribution in [2.75, 3.05) is 28.2 Å². The van der Waals surface area contributed by atoms with Gasteiger partial charge in [0.05, 0.1) is 0 Å². The molecule has 0 amide bonds. The molecule has 11 heavy (non-hydrogen) atoms. The topological polar surface area (TPSA) is 23.6 Å². The molecule has 0 rings (SSSR count). The molecular formula is C7H14FeN2O+. The van der Waals surface area contributed by atoms with Gasteiger partial charge in [0.2, 0.25) is 0 Å². The summed E-state index contributed by atoms with van der Waals surface area (Å²) in [5.41, 5.74) is 0. The average molecular weight is 198 g/mol. The van der Waals surface area contributed by atoms with Crippen molar-refractivity contribution in [3.05, 3.63) is 0 Å². The molecule has 0 aliphatic carbocycles. The fourth-order valence-corrected chi connectivity index (χ4v) is 1.01. The molecule has 0 fully saturated rings. The summed E-state index contributed by atoms with van der Waals surface area (Å²) >= 11 is 3.80. The van der Waals surface area contributed by atoms with Crippen molar-refractivity contribution in [1.82, 2.24) is 9.80 Å². The van der Waals surface area contributed by atoms with Gasteiger partial charge < -0.3 is 0 Å². The summed E-state index contributed by atoms with van der Waals surface area (Å²) in [4.78, 5) is 14.2. The van der Waals surface area contributed by atoms with Gasteiger partial charge >= 0.3 is 75.2 Å². The van der Waals surface area contributed by atoms with E-state index in [0.29, 0.717) is 0 Å². The van der Waals surface area contributed by atoms with Crippen molar-refractivity contribution in [1.29, 1.82) is 0 Å². The van der Waals surface area contributed by atoms with Crippen LogP contribution < -0.4 is 0 Å². The van der Waals surface area contributed by atoms with E-state index in [1.807, 2.05) is 38.0 Å². The van der Waals surface area contributed by atoms with Crippen molar-refractivity contribution in [2.45, 2.75) is 6.04 Å². The molecule has 3 nitrogen and oxygen atoms in total. The summed E-state index contributed by atoms with van der Waals surface area (Å²) in [7, 11) is 7.46. The zero-order valence-electron chi connectivity index (χ0n) is 7.31. The predicted molar refractivity (Wildman–Crippen MR) is 42.2 cm³/mol. The SMILES string of the molecule is CN(C)[C](=[Fe+])C(C=O)N(C)C. The average Bonchev–Trinajstić information content (AvgIpc) is 1.88. The summed E-state index contributed by atoms with van der Waals surface area (Å²) in [5, 5.41) is 0. The van der Waals surface area contributed by atoms with Crippen LogP contribution in [0.3, 0.4) is 0 Å².